The SMILES string of the molecule is C[C@@H](O[C@H]1OCC[C@@H](CN2CCC3(CCCO3)CC2)[C@H]1c1ccccc1)c1cc(C(F)(F)F)cc(C(F)(F)F)c1. The number of ether oxygens (including phenoxy) is 3. The van der Waals surface area contributed by atoms with Crippen LogP contribution in [-0.4, -0.2) is 49.6 Å². The van der Waals surface area contributed by atoms with E-state index in [-0.39, 0.29) is 29.1 Å². The lowest BCUT2D eigenvalue weighted by molar-refractivity contribution is -0.211. The average molecular weight is 572 g/mol. The van der Waals surface area contributed by atoms with Gasteiger partial charge in [0.15, 0.2) is 6.29 Å². The number of likely N-dealkylation sites (tertiary alicyclic amines) is 1. The number of rotatable bonds is 6. The molecule has 0 aromatic heterocycles. The van der Waals surface area contributed by atoms with Gasteiger partial charge in [0.2, 0.25) is 0 Å². The van der Waals surface area contributed by atoms with Crippen LogP contribution >= 0.6 is 0 Å². The lowest BCUT2D eigenvalue weighted by Crippen LogP contribution is -2.48. The van der Waals surface area contributed by atoms with Gasteiger partial charge in [-0.05, 0) is 74.3 Å². The van der Waals surface area contributed by atoms with Crippen molar-refractivity contribution >= 4 is 0 Å². The topological polar surface area (TPSA) is 30.9 Å². The molecule has 0 N–H and O–H groups in total. The largest absolute Gasteiger partial charge is 0.416 e. The van der Waals surface area contributed by atoms with Crippen molar-refractivity contribution in [1.29, 1.82) is 0 Å². The molecule has 3 saturated heterocycles. The molecule has 10 heteroatoms. The smallest absolute Gasteiger partial charge is 0.375 e. The second-order valence-electron chi connectivity index (χ2n) is 11.3. The van der Waals surface area contributed by atoms with Gasteiger partial charge in [-0.15, -0.1) is 0 Å². The molecule has 3 heterocycles. The molecular formula is C30H35F6NO3. The first-order valence-electron chi connectivity index (χ1n) is 13.9. The van der Waals surface area contributed by atoms with E-state index in [2.05, 4.69) is 4.90 Å². The summed E-state index contributed by atoms with van der Waals surface area (Å²) in [7, 11) is 0. The van der Waals surface area contributed by atoms with Crippen LogP contribution in [0.25, 0.3) is 0 Å². The summed E-state index contributed by atoms with van der Waals surface area (Å²) < 4.78 is 99.1. The molecule has 2 aromatic rings. The summed E-state index contributed by atoms with van der Waals surface area (Å²) in [4.78, 5) is 2.43. The predicted octanol–water partition coefficient (Wildman–Crippen LogP) is 7.59. The van der Waals surface area contributed by atoms with Crippen molar-refractivity contribution in [2.75, 3.05) is 32.8 Å². The normalized spacial score (nSPS) is 26.7. The monoisotopic (exact) mass is 571 g/mol. The molecule has 220 valence electrons. The van der Waals surface area contributed by atoms with Crippen molar-refractivity contribution in [1.82, 2.24) is 4.90 Å². The van der Waals surface area contributed by atoms with E-state index in [4.69, 9.17) is 14.2 Å². The van der Waals surface area contributed by atoms with E-state index in [0.29, 0.717) is 6.61 Å². The van der Waals surface area contributed by atoms with E-state index in [1.54, 1.807) is 0 Å². The summed E-state index contributed by atoms with van der Waals surface area (Å²) >= 11 is 0. The molecule has 0 amide bonds. The number of hydrogen-bond acceptors (Lipinski definition) is 4. The Bertz CT molecular complexity index is 1090. The van der Waals surface area contributed by atoms with Gasteiger partial charge in [0.25, 0.3) is 0 Å². The fraction of sp³-hybridized carbons (Fsp3) is 0.600. The number of halogens is 6. The Morgan fingerprint density at radius 3 is 2.15 bits per heavy atom. The van der Waals surface area contributed by atoms with Crippen LogP contribution in [0, 0.1) is 5.92 Å². The molecule has 1 spiro atoms. The van der Waals surface area contributed by atoms with Crippen LogP contribution in [0.1, 0.15) is 73.3 Å². The maximum absolute atomic E-state index is 13.5. The molecule has 5 rings (SSSR count). The van der Waals surface area contributed by atoms with E-state index >= 15 is 0 Å². The highest BCUT2D eigenvalue weighted by Crippen LogP contribution is 2.43. The van der Waals surface area contributed by atoms with Crippen molar-refractivity contribution < 1.29 is 40.6 Å². The summed E-state index contributed by atoms with van der Waals surface area (Å²) in [6, 6.07) is 11.2. The second-order valence-corrected chi connectivity index (χ2v) is 11.3. The van der Waals surface area contributed by atoms with Crippen molar-refractivity contribution in [2.24, 2.45) is 5.92 Å². The molecule has 3 fully saturated rings. The van der Waals surface area contributed by atoms with Crippen LogP contribution in [-0.2, 0) is 26.6 Å². The van der Waals surface area contributed by atoms with Crippen LogP contribution in [0.15, 0.2) is 48.5 Å². The molecule has 40 heavy (non-hydrogen) atoms. The quantitative estimate of drug-likeness (QED) is 0.334. The Kier molecular flexibility index (Phi) is 8.53. The zero-order valence-corrected chi connectivity index (χ0v) is 22.4. The van der Waals surface area contributed by atoms with Crippen LogP contribution in [0.3, 0.4) is 0 Å². The fourth-order valence-electron chi connectivity index (χ4n) is 6.39. The summed E-state index contributed by atoms with van der Waals surface area (Å²) in [5.74, 6) is -0.0944. The first-order chi connectivity index (χ1) is 18.9. The summed E-state index contributed by atoms with van der Waals surface area (Å²) in [6.07, 6.45) is -6.79. The number of piperidine rings is 1. The summed E-state index contributed by atoms with van der Waals surface area (Å²) in [5, 5.41) is 0. The number of benzene rings is 2. The molecular weight excluding hydrogens is 536 g/mol. The Balaban J connectivity index is 1.36. The Morgan fingerprint density at radius 1 is 0.925 bits per heavy atom. The molecule has 4 nitrogen and oxygen atoms in total. The van der Waals surface area contributed by atoms with E-state index in [1.807, 2.05) is 30.3 Å². The van der Waals surface area contributed by atoms with Gasteiger partial charge in [-0.25, -0.2) is 0 Å². The molecule has 2 aromatic carbocycles. The van der Waals surface area contributed by atoms with Crippen LogP contribution in [0.4, 0.5) is 26.3 Å². The minimum absolute atomic E-state index is 0.00626. The zero-order chi connectivity index (χ0) is 28.5. The van der Waals surface area contributed by atoms with Gasteiger partial charge in [0.05, 0.1) is 29.4 Å². The summed E-state index contributed by atoms with van der Waals surface area (Å²) in [5.41, 5.74) is -1.94. The average Bonchev–Trinajstić information content (AvgIpc) is 3.37. The second kappa shape index (κ2) is 11.6. The molecule has 0 bridgehead atoms. The highest BCUT2D eigenvalue weighted by Gasteiger charge is 2.42. The third-order valence-electron chi connectivity index (χ3n) is 8.62. The number of alkyl halides is 6. The minimum Gasteiger partial charge on any atom is -0.375 e. The van der Waals surface area contributed by atoms with E-state index in [0.717, 1.165) is 76.0 Å². The first kappa shape index (κ1) is 29.4. The highest BCUT2D eigenvalue weighted by molar-refractivity contribution is 5.35. The maximum atomic E-state index is 13.5. The van der Waals surface area contributed by atoms with Gasteiger partial charge >= 0.3 is 12.4 Å². The predicted molar refractivity (Wildman–Crippen MR) is 137 cm³/mol. The van der Waals surface area contributed by atoms with Crippen molar-refractivity contribution in [3.05, 3.63) is 70.8 Å². The van der Waals surface area contributed by atoms with Gasteiger partial charge in [-0.1, -0.05) is 30.3 Å². The number of hydrogen-bond donors (Lipinski definition) is 0. The Morgan fingerprint density at radius 2 is 1.57 bits per heavy atom. The van der Waals surface area contributed by atoms with Gasteiger partial charge < -0.3 is 19.1 Å². The molecule has 3 aliphatic rings. The Hall–Kier alpha value is -2.14. The number of nitrogens with zero attached hydrogens (tertiary/aromatic N) is 1. The zero-order valence-electron chi connectivity index (χ0n) is 22.4. The van der Waals surface area contributed by atoms with E-state index < -0.39 is 35.9 Å². The van der Waals surface area contributed by atoms with Gasteiger partial charge in [-0.3, -0.25) is 0 Å². The van der Waals surface area contributed by atoms with Crippen LogP contribution < -0.4 is 0 Å². The molecule has 0 unspecified atom stereocenters. The lowest BCUT2D eigenvalue weighted by Gasteiger charge is -2.44. The van der Waals surface area contributed by atoms with Crippen LogP contribution in [0.2, 0.25) is 0 Å². The van der Waals surface area contributed by atoms with Crippen molar-refractivity contribution in [3.8, 4) is 0 Å². The maximum Gasteiger partial charge on any atom is 0.416 e. The molecule has 0 radical (unpaired) electrons. The Labute approximate surface area is 230 Å². The van der Waals surface area contributed by atoms with E-state index in [1.165, 1.54) is 6.92 Å². The molecule has 0 aliphatic carbocycles. The van der Waals surface area contributed by atoms with Crippen molar-refractivity contribution in [2.45, 2.75) is 75.3 Å². The van der Waals surface area contributed by atoms with Crippen molar-refractivity contribution in [3.63, 3.8) is 0 Å². The third kappa shape index (κ3) is 6.66. The highest BCUT2D eigenvalue weighted by atomic mass is 19.4. The van der Waals surface area contributed by atoms with Gasteiger partial charge in [-0.2, -0.15) is 26.3 Å². The molecule has 4 atom stereocenters. The molecule has 0 saturated carbocycles. The fourth-order valence-corrected chi connectivity index (χ4v) is 6.39. The van der Waals surface area contributed by atoms with Gasteiger partial charge in [0.1, 0.15) is 0 Å². The van der Waals surface area contributed by atoms with Crippen LogP contribution in [0.5, 0.6) is 0 Å². The lowest BCUT2D eigenvalue weighted by atomic mass is 9.80. The van der Waals surface area contributed by atoms with Gasteiger partial charge in [0, 0.05) is 32.2 Å². The summed E-state index contributed by atoms with van der Waals surface area (Å²) in [6.45, 7) is 5.33. The first-order valence-corrected chi connectivity index (χ1v) is 13.9. The minimum atomic E-state index is -4.93. The standard InChI is InChI=1S/C30H35F6NO3/c1-20(23-16-24(29(31,32)33)18-25(17-23)30(34,35)36)40-27-26(21-6-3-2-4-7-21)22(8-15-38-27)19-37-12-10-28(11-13-37)9-5-14-39-28/h2-4,6-7,16-18,20,22,26-27H,5,8-15,19H2,1H3/t20-,22+,26-,27-/m1/s1. The molecule has 3 aliphatic heterocycles. The van der Waals surface area contributed by atoms with E-state index in [9.17, 15) is 26.3 Å². The third-order valence-corrected chi connectivity index (χ3v) is 8.62.